The number of hydrogen-bond donors (Lipinski definition) is 2. The average Bonchev–Trinajstić information content (AvgIpc) is 2.53. The van der Waals surface area contributed by atoms with Crippen molar-refractivity contribution < 1.29 is 19.4 Å². The summed E-state index contributed by atoms with van der Waals surface area (Å²) in [4.78, 5) is 22.8. The largest absolute Gasteiger partial charge is 0.481 e. The summed E-state index contributed by atoms with van der Waals surface area (Å²) in [7, 11) is 0. The Labute approximate surface area is 138 Å². The molecule has 1 aromatic carbocycles. The van der Waals surface area contributed by atoms with Crippen molar-refractivity contribution >= 4 is 11.9 Å². The highest BCUT2D eigenvalue weighted by atomic mass is 16.5. The third kappa shape index (κ3) is 9.68. The summed E-state index contributed by atoms with van der Waals surface area (Å²) in [5, 5.41) is 12.1. The van der Waals surface area contributed by atoms with Crippen LogP contribution in [0.5, 0.6) is 0 Å². The van der Waals surface area contributed by atoms with E-state index in [0.717, 1.165) is 31.2 Å². The van der Waals surface area contributed by atoms with Gasteiger partial charge in [-0.2, -0.15) is 0 Å². The van der Waals surface area contributed by atoms with Gasteiger partial charge in [0.15, 0.2) is 0 Å². The number of ether oxygens (including phenoxy) is 1. The molecule has 23 heavy (non-hydrogen) atoms. The van der Waals surface area contributed by atoms with Gasteiger partial charge in [0.1, 0.15) is 0 Å². The number of rotatable bonds is 12. The van der Waals surface area contributed by atoms with Gasteiger partial charge in [-0.3, -0.25) is 9.59 Å². The minimum absolute atomic E-state index is 0.0763. The highest BCUT2D eigenvalue weighted by molar-refractivity contribution is 5.73. The van der Waals surface area contributed by atoms with E-state index in [2.05, 4.69) is 12.2 Å². The highest BCUT2D eigenvalue weighted by Crippen LogP contribution is 2.06. The van der Waals surface area contributed by atoms with Crippen molar-refractivity contribution in [2.24, 2.45) is 0 Å². The van der Waals surface area contributed by atoms with E-state index in [1.807, 2.05) is 30.3 Å². The van der Waals surface area contributed by atoms with Crippen LogP contribution in [0.4, 0.5) is 0 Å². The first-order valence-electron chi connectivity index (χ1n) is 8.26. The third-order valence-corrected chi connectivity index (χ3v) is 3.53. The summed E-state index contributed by atoms with van der Waals surface area (Å²) in [5.41, 5.74) is 1.05. The zero-order chi connectivity index (χ0) is 16.9. The van der Waals surface area contributed by atoms with E-state index in [0.29, 0.717) is 13.2 Å². The number of carbonyl (C=O) groups is 2. The summed E-state index contributed by atoms with van der Waals surface area (Å²) < 4.78 is 5.18. The molecule has 0 radical (unpaired) electrons. The van der Waals surface area contributed by atoms with Crippen LogP contribution in [-0.4, -0.2) is 29.7 Å². The fourth-order valence-electron chi connectivity index (χ4n) is 2.26. The Balaban J connectivity index is 2.35. The molecular formula is C18H27NO4. The summed E-state index contributed by atoms with van der Waals surface area (Å²) >= 11 is 0. The number of unbranched alkanes of at least 4 members (excludes halogenated alkanes) is 3. The quantitative estimate of drug-likeness (QED) is 0.457. The maximum absolute atomic E-state index is 11.8. The fraction of sp³-hybridized carbons (Fsp3) is 0.556. The Hall–Kier alpha value is -1.88. The minimum Gasteiger partial charge on any atom is -0.481 e. The van der Waals surface area contributed by atoms with E-state index in [4.69, 9.17) is 9.84 Å². The van der Waals surface area contributed by atoms with Crippen molar-refractivity contribution in [3.63, 3.8) is 0 Å². The average molecular weight is 321 g/mol. The zero-order valence-electron chi connectivity index (χ0n) is 13.8. The Morgan fingerprint density at radius 3 is 2.52 bits per heavy atom. The van der Waals surface area contributed by atoms with Gasteiger partial charge in [-0.15, -0.1) is 0 Å². The highest BCUT2D eigenvalue weighted by Gasteiger charge is 2.17. The van der Waals surface area contributed by atoms with Crippen molar-refractivity contribution in [2.45, 2.75) is 58.0 Å². The number of carbonyl (C=O) groups excluding carboxylic acids is 1. The van der Waals surface area contributed by atoms with Gasteiger partial charge in [0.2, 0.25) is 0 Å². The molecule has 0 bridgehead atoms. The van der Waals surface area contributed by atoms with Crippen molar-refractivity contribution in [3.8, 4) is 0 Å². The fourth-order valence-corrected chi connectivity index (χ4v) is 2.26. The molecule has 1 rings (SSSR count). The SMILES string of the molecule is CCCCCCOC(=O)C[C@@H](CC(=O)O)NCc1ccccc1. The molecule has 0 fully saturated rings. The molecule has 5 heteroatoms. The van der Waals surface area contributed by atoms with Crippen LogP contribution in [0.1, 0.15) is 51.0 Å². The van der Waals surface area contributed by atoms with E-state index in [9.17, 15) is 9.59 Å². The Kier molecular flexibility index (Phi) is 9.71. The van der Waals surface area contributed by atoms with Crippen molar-refractivity contribution in [2.75, 3.05) is 6.61 Å². The van der Waals surface area contributed by atoms with Crippen LogP contribution in [0, 0.1) is 0 Å². The lowest BCUT2D eigenvalue weighted by Gasteiger charge is -2.16. The monoisotopic (exact) mass is 321 g/mol. The molecule has 0 aromatic heterocycles. The lowest BCUT2D eigenvalue weighted by Crippen LogP contribution is -2.33. The minimum atomic E-state index is -0.925. The summed E-state index contributed by atoms with van der Waals surface area (Å²) in [6, 6.07) is 9.26. The lowest BCUT2D eigenvalue weighted by molar-refractivity contribution is -0.145. The van der Waals surface area contributed by atoms with E-state index in [1.165, 1.54) is 0 Å². The Bertz CT molecular complexity index is 461. The number of hydrogen-bond acceptors (Lipinski definition) is 4. The van der Waals surface area contributed by atoms with Gasteiger partial charge in [0.25, 0.3) is 0 Å². The van der Waals surface area contributed by atoms with Gasteiger partial charge >= 0.3 is 11.9 Å². The van der Waals surface area contributed by atoms with Gasteiger partial charge in [-0.25, -0.2) is 0 Å². The number of aliphatic carboxylic acids is 1. The van der Waals surface area contributed by atoms with Crippen LogP contribution in [0.15, 0.2) is 30.3 Å². The maximum Gasteiger partial charge on any atom is 0.307 e. The summed E-state index contributed by atoms with van der Waals surface area (Å²) in [6.07, 6.45) is 4.16. The maximum atomic E-state index is 11.8. The molecule has 1 atom stereocenters. The van der Waals surface area contributed by atoms with Crippen molar-refractivity contribution in [1.82, 2.24) is 5.32 Å². The molecule has 128 valence electrons. The second-order valence-electron chi connectivity index (χ2n) is 5.65. The molecule has 0 saturated heterocycles. The Morgan fingerprint density at radius 2 is 1.87 bits per heavy atom. The van der Waals surface area contributed by atoms with Crippen LogP contribution in [-0.2, 0) is 20.9 Å². The normalized spacial score (nSPS) is 11.9. The molecule has 2 N–H and O–H groups in total. The molecule has 0 aliphatic rings. The van der Waals surface area contributed by atoms with E-state index in [-0.39, 0.29) is 18.8 Å². The molecule has 0 aliphatic carbocycles. The van der Waals surface area contributed by atoms with Crippen molar-refractivity contribution in [3.05, 3.63) is 35.9 Å². The predicted molar refractivity (Wildman–Crippen MR) is 89.0 cm³/mol. The molecule has 1 aromatic rings. The van der Waals surface area contributed by atoms with E-state index in [1.54, 1.807) is 0 Å². The standard InChI is InChI=1S/C18H27NO4/c1-2-3-4-8-11-23-18(22)13-16(12-17(20)21)19-14-15-9-6-5-7-10-15/h5-7,9-10,16,19H,2-4,8,11-14H2,1H3,(H,20,21)/t16-/m1/s1. The van der Waals surface area contributed by atoms with Gasteiger partial charge in [0, 0.05) is 12.6 Å². The summed E-state index contributed by atoms with van der Waals surface area (Å²) in [6.45, 7) is 3.07. The molecule has 0 spiro atoms. The topological polar surface area (TPSA) is 75.6 Å². The molecule has 5 nitrogen and oxygen atoms in total. The van der Waals surface area contributed by atoms with Crippen LogP contribution >= 0.6 is 0 Å². The molecule has 0 saturated carbocycles. The third-order valence-electron chi connectivity index (χ3n) is 3.53. The number of carboxylic acids is 1. The molecule has 0 heterocycles. The van der Waals surface area contributed by atoms with Crippen LogP contribution in [0.2, 0.25) is 0 Å². The second-order valence-corrected chi connectivity index (χ2v) is 5.65. The van der Waals surface area contributed by atoms with Crippen molar-refractivity contribution in [1.29, 1.82) is 0 Å². The smallest absolute Gasteiger partial charge is 0.307 e. The lowest BCUT2D eigenvalue weighted by atomic mass is 10.1. The molecular weight excluding hydrogens is 294 g/mol. The number of carboxylic acid groups (broad SMARTS) is 1. The van der Waals surface area contributed by atoms with Crippen LogP contribution in [0.3, 0.4) is 0 Å². The zero-order valence-corrected chi connectivity index (χ0v) is 13.8. The predicted octanol–water partition coefficient (Wildman–Crippen LogP) is 3.13. The van der Waals surface area contributed by atoms with Gasteiger partial charge in [-0.05, 0) is 12.0 Å². The summed E-state index contributed by atoms with van der Waals surface area (Å²) in [5.74, 6) is -1.26. The molecule has 0 unspecified atom stereocenters. The first-order valence-corrected chi connectivity index (χ1v) is 8.26. The first kappa shape index (κ1) is 19.2. The number of benzene rings is 1. The molecule has 0 aliphatic heterocycles. The number of nitrogens with one attached hydrogen (secondary N) is 1. The van der Waals surface area contributed by atoms with Gasteiger partial charge < -0.3 is 15.2 Å². The van der Waals surface area contributed by atoms with Gasteiger partial charge in [0.05, 0.1) is 19.4 Å². The Morgan fingerprint density at radius 1 is 1.13 bits per heavy atom. The van der Waals surface area contributed by atoms with Crippen LogP contribution in [0.25, 0.3) is 0 Å². The number of esters is 1. The van der Waals surface area contributed by atoms with Gasteiger partial charge in [-0.1, -0.05) is 56.5 Å². The van der Waals surface area contributed by atoms with E-state index >= 15 is 0 Å². The molecule has 0 amide bonds. The van der Waals surface area contributed by atoms with Crippen LogP contribution < -0.4 is 5.32 Å². The second kappa shape index (κ2) is 11.7. The first-order chi connectivity index (χ1) is 11.1. The van der Waals surface area contributed by atoms with E-state index < -0.39 is 12.0 Å².